The van der Waals surface area contributed by atoms with Gasteiger partial charge < -0.3 is 19.5 Å². The molecule has 0 radical (unpaired) electrons. The van der Waals surface area contributed by atoms with Gasteiger partial charge in [-0.3, -0.25) is 9.89 Å². The second-order valence-electron chi connectivity index (χ2n) is 6.78. The molecule has 0 bridgehead atoms. The Balaban J connectivity index is 1.86. The number of aromatic amines is 1. The number of hydrogen-bond donors (Lipinski definition) is 2. The van der Waals surface area contributed by atoms with Crippen molar-refractivity contribution in [2.45, 2.75) is 13.0 Å². The summed E-state index contributed by atoms with van der Waals surface area (Å²) in [5, 5.41) is 17.6. The fraction of sp³-hybridized carbons (Fsp3) is 0.273. The number of ether oxygens (including phenoxy) is 2. The van der Waals surface area contributed by atoms with Gasteiger partial charge in [0.2, 0.25) is 0 Å². The first-order valence-corrected chi connectivity index (χ1v) is 9.55. The van der Waals surface area contributed by atoms with E-state index in [1.807, 2.05) is 37.3 Å². The van der Waals surface area contributed by atoms with Crippen LogP contribution in [0.15, 0.2) is 48.5 Å². The topological polar surface area (TPSA) is 87.7 Å². The van der Waals surface area contributed by atoms with Crippen molar-refractivity contribution in [3.63, 3.8) is 0 Å². The van der Waals surface area contributed by atoms with Crippen LogP contribution in [0.1, 0.15) is 34.6 Å². The summed E-state index contributed by atoms with van der Waals surface area (Å²) in [6.45, 7) is 3.33. The number of rotatable bonds is 7. The molecule has 7 heteroatoms. The molecule has 1 aliphatic rings. The Labute approximate surface area is 168 Å². The SMILES string of the molecule is CCOc1cccc([C@@H]2c3c(-c4ccccc4O)n[nH]c3C(=O)N2CCOC)c1. The molecule has 0 aliphatic carbocycles. The fourth-order valence-corrected chi connectivity index (χ4v) is 3.78. The first-order valence-electron chi connectivity index (χ1n) is 9.55. The Hall–Kier alpha value is -3.32. The number of aromatic hydroxyl groups is 1. The van der Waals surface area contributed by atoms with E-state index < -0.39 is 0 Å². The molecule has 0 fully saturated rings. The summed E-state index contributed by atoms with van der Waals surface area (Å²) in [5.41, 5.74) is 3.25. The number of carbonyl (C=O) groups excluding carboxylic acids is 1. The molecule has 29 heavy (non-hydrogen) atoms. The lowest BCUT2D eigenvalue weighted by Gasteiger charge is -2.26. The number of phenols is 1. The zero-order valence-corrected chi connectivity index (χ0v) is 16.4. The molecule has 0 unspecified atom stereocenters. The van der Waals surface area contributed by atoms with Gasteiger partial charge >= 0.3 is 0 Å². The van der Waals surface area contributed by atoms with Crippen LogP contribution < -0.4 is 4.74 Å². The molecule has 1 amide bonds. The van der Waals surface area contributed by atoms with Gasteiger partial charge in [0.05, 0.1) is 19.3 Å². The second kappa shape index (κ2) is 7.97. The average Bonchev–Trinajstić information content (AvgIpc) is 3.26. The largest absolute Gasteiger partial charge is 0.507 e. The number of carbonyl (C=O) groups is 1. The Morgan fingerprint density at radius 3 is 2.79 bits per heavy atom. The summed E-state index contributed by atoms with van der Waals surface area (Å²) >= 11 is 0. The van der Waals surface area contributed by atoms with E-state index in [2.05, 4.69) is 10.2 Å². The third kappa shape index (κ3) is 3.34. The molecule has 2 heterocycles. The molecule has 7 nitrogen and oxygen atoms in total. The van der Waals surface area contributed by atoms with Gasteiger partial charge in [-0.2, -0.15) is 5.10 Å². The van der Waals surface area contributed by atoms with E-state index in [-0.39, 0.29) is 17.7 Å². The summed E-state index contributed by atoms with van der Waals surface area (Å²) < 4.78 is 10.9. The number of benzene rings is 2. The van der Waals surface area contributed by atoms with Crippen molar-refractivity contribution in [2.75, 3.05) is 26.9 Å². The first kappa shape index (κ1) is 19.0. The highest BCUT2D eigenvalue weighted by atomic mass is 16.5. The van der Waals surface area contributed by atoms with Gasteiger partial charge in [0, 0.05) is 24.8 Å². The number of para-hydroxylation sites is 1. The Morgan fingerprint density at radius 2 is 2.03 bits per heavy atom. The summed E-state index contributed by atoms with van der Waals surface area (Å²) in [6.07, 6.45) is 0. The van der Waals surface area contributed by atoms with Gasteiger partial charge in [-0.1, -0.05) is 24.3 Å². The lowest BCUT2D eigenvalue weighted by molar-refractivity contribution is 0.0677. The molecule has 2 aromatic carbocycles. The maximum Gasteiger partial charge on any atom is 0.273 e. The van der Waals surface area contributed by atoms with Gasteiger partial charge in [0.1, 0.15) is 22.9 Å². The number of amides is 1. The van der Waals surface area contributed by atoms with E-state index in [0.717, 1.165) is 16.9 Å². The fourth-order valence-electron chi connectivity index (χ4n) is 3.78. The summed E-state index contributed by atoms with van der Waals surface area (Å²) in [5.74, 6) is 0.717. The Morgan fingerprint density at radius 1 is 1.21 bits per heavy atom. The molecule has 0 spiro atoms. The molecule has 150 valence electrons. The number of aromatic nitrogens is 2. The van der Waals surface area contributed by atoms with Crippen molar-refractivity contribution < 1.29 is 19.4 Å². The van der Waals surface area contributed by atoms with Gasteiger partial charge in [-0.25, -0.2) is 0 Å². The molecule has 0 saturated carbocycles. The zero-order chi connectivity index (χ0) is 20.4. The van der Waals surface area contributed by atoms with Gasteiger partial charge in [-0.15, -0.1) is 0 Å². The van der Waals surface area contributed by atoms with Crippen LogP contribution in [0.25, 0.3) is 11.3 Å². The monoisotopic (exact) mass is 393 g/mol. The summed E-state index contributed by atoms with van der Waals surface area (Å²) in [7, 11) is 1.61. The van der Waals surface area contributed by atoms with Crippen molar-refractivity contribution in [2.24, 2.45) is 0 Å². The van der Waals surface area contributed by atoms with E-state index in [9.17, 15) is 9.90 Å². The van der Waals surface area contributed by atoms with E-state index in [1.54, 1.807) is 30.2 Å². The lowest BCUT2D eigenvalue weighted by atomic mass is 9.95. The number of nitrogens with one attached hydrogen (secondary N) is 1. The van der Waals surface area contributed by atoms with Crippen LogP contribution in [0.2, 0.25) is 0 Å². The highest BCUT2D eigenvalue weighted by Gasteiger charge is 2.42. The van der Waals surface area contributed by atoms with Crippen LogP contribution in [0, 0.1) is 0 Å². The summed E-state index contributed by atoms with van der Waals surface area (Å²) in [4.78, 5) is 14.9. The molecule has 1 atom stereocenters. The lowest BCUT2D eigenvalue weighted by Crippen LogP contribution is -2.32. The molecule has 2 N–H and O–H groups in total. The minimum absolute atomic E-state index is 0.117. The molecular formula is C22H23N3O4. The van der Waals surface area contributed by atoms with Crippen molar-refractivity contribution in [1.82, 2.24) is 15.1 Å². The normalized spacial score (nSPS) is 15.6. The molecule has 3 aromatic rings. The number of fused-ring (bicyclic) bond motifs is 1. The maximum absolute atomic E-state index is 13.1. The highest BCUT2D eigenvalue weighted by Crippen LogP contribution is 2.44. The smallest absolute Gasteiger partial charge is 0.273 e. The Bertz CT molecular complexity index is 1030. The highest BCUT2D eigenvalue weighted by molar-refractivity contribution is 6.00. The predicted octanol–water partition coefficient (Wildman–Crippen LogP) is 3.37. The number of H-pyrrole nitrogens is 1. The minimum Gasteiger partial charge on any atom is -0.507 e. The van der Waals surface area contributed by atoms with E-state index in [4.69, 9.17) is 9.47 Å². The molecule has 1 aromatic heterocycles. The van der Waals surface area contributed by atoms with Gasteiger partial charge in [-0.05, 0) is 36.8 Å². The van der Waals surface area contributed by atoms with E-state index in [0.29, 0.717) is 36.7 Å². The third-order valence-electron chi connectivity index (χ3n) is 5.04. The van der Waals surface area contributed by atoms with Crippen LogP contribution in [0.3, 0.4) is 0 Å². The third-order valence-corrected chi connectivity index (χ3v) is 5.04. The van der Waals surface area contributed by atoms with E-state index in [1.165, 1.54) is 0 Å². The van der Waals surface area contributed by atoms with Crippen LogP contribution in [-0.2, 0) is 4.74 Å². The number of hydrogen-bond acceptors (Lipinski definition) is 5. The van der Waals surface area contributed by atoms with Crippen molar-refractivity contribution in [1.29, 1.82) is 0 Å². The predicted molar refractivity (Wildman–Crippen MR) is 108 cm³/mol. The minimum atomic E-state index is -0.360. The maximum atomic E-state index is 13.1. The van der Waals surface area contributed by atoms with Crippen molar-refractivity contribution in [3.05, 3.63) is 65.4 Å². The first-order chi connectivity index (χ1) is 14.2. The molecular weight excluding hydrogens is 370 g/mol. The van der Waals surface area contributed by atoms with E-state index >= 15 is 0 Å². The van der Waals surface area contributed by atoms with Crippen LogP contribution in [0.4, 0.5) is 0 Å². The number of methoxy groups -OCH3 is 1. The molecule has 0 saturated heterocycles. The van der Waals surface area contributed by atoms with Crippen molar-refractivity contribution >= 4 is 5.91 Å². The van der Waals surface area contributed by atoms with Crippen LogP contribution >= 0.6 is 0 Å². The van der Waals surface area contributed by atoms with Crippen LogP contribution in [-0.4, -0.2) is 53.0 Å². The molecule has 1 aliphatic heterocycles. The van der Waals surface area contributed by atoms with Gasteiger partial charge in [0.25, 0.3) is 5.91 Å². The number of nitrogens with zero attached hydrogens (tertiary/aromatic N) is 2. The van der Waals surface area contributed by atoms with Crippen molar-refractivity contribution in [3.8, 4) is 22.8 Å². The second-order valence-corrected chi connectivity index (χ2v) is 6.78. The van der Waals surface area contributed by atoms with Crippen LogP contribution in [0.5, 0.6) is 11.5 Å². The standard InChI is InChI=1S/C22H23N3O4/c1-3-29-15-8-6-7-14(13-15)21-18-19(16-9-4-5-10-17(16)26)23-24-20(18)22(27)25(21)11-12-28-2/h4-10,13,21,26H,3,11-12H2,1-2H3,(H,23,24)/t21-/m1/s1. The number of phenolic OH excluding ortho intramolecular Hbond substituents is 1. The summed E-state index contributed by atoms with van der Waals surface area (Å²) in [6, 6.07) is 14.4. The van der Waals surface area contributed by atoms with Gasteiger partial charge in [0.15, 0.2) is 0 Å². The zero-order valence-electron chi connectivity index (χ0n) is 16.4. The molecule has 4 rings (SSSR count). The quantitative estimate of drug-likeness (QED) is 0.643. The Kier molecular flexibility index (Phi) is 5.22. The average molecular weight is 393 g/mol.